The molecule has 0 saturated heterocycles. The lowest BCUT2D eigenvalue weighted by Crippen LogP contribution is -2.29. The molecule has 0 aliphatic carbocycles. The number of rotatable bonds is 6. The lowest BCUT2D eigenvalue weighted by atomic mass is 10.2. The van der Waals surface area contributed by atoms with Crippen molar-refractivity contribution in [2.24, 2.45) is 0 Å². The molecule has 0 radical (unpaired) electrons. The van der Waals surface area contributed by atoms with Crippen LogP contribution in [-0.4, -0.2) is 34.4 Å². The van der Waals surface area contributed by atoms with E-state index in [1.807, 2.05) is 0 Å². The van der Waals surface area contributed by atoms with Gasteiger partial charge in [0.25, 0.3) is 0 Å². The highest BCUT2D eigenvalue weighted by molar-refractivity contribution is 7.89. The second-order valence-corrected chi connectivity index (χ2v) is 5.99. The van der Waals surface area contributed by atoms with Crippen molar-refractivity contribution in [2.45, 2.75) is 11.1 Å². The van der Waals surface area contributed by atoms with Gasteiger partial charge < -0.3 is 4.74 Å². The van der Waals surface area contributed by atoms with Gasteiger partial charge in [-0.3, -0.25) is 0 Å². The highest BCUT2D eigenvalue weighted by atomic mass is 35.5. The molecule has 0 aliphatic heterocycles. The van der Waals surface area contributed by atoms with Gasteiger partial charge in [0, 0.05) is 6.54 Å². The maximum Gasteiger partial charge on any atom is 0.411 e. The van der Waals surface area contributed by atoms with E-state index in [-0.39, 0.29) is 22.0 Å². The Bertz CT molecular complexity index is 641. The summed E-state index contributed by atoms with van der Waals surface area (Å²) in [5.41, 5.74) is 0.115. The van der Waals surface area contributed by atoms with Crippen molar-refractivity contribution in [1.82, 2.24) is 4.72 Å². The highest BCUT2D eigenvalue weighted by Gasteiger charge is 2.27. The molecule has 1 N–H and O–H groups in total. The number of benzene rings is 1. The number of hydrogen-bond donors (Lipinski definition) is 1. The lowest BCUT2D eigenvalue weighted by Gasteiger charge is -2.09. The summed E-state index contributed by atoms with van der Waals surface area (Å²) < 4.78 is 65.3. The van der Waals surface area contributed by atoms with Crippen LogP contribution in [0.3, 0.4) is 0 Å². The number of hydrogen-bond acceptors (Lipinski definition) is 4. The third-order valence-electron chi connectivity index (χ3n) is 2.18. The van der Waals surface area contributed by atoms with Crippen molar-refractivity contribution in [2.75, 3.05) is 19.8 Å². The van der Waals surface area contributed by atoms with Crippen molar-refractivity contribution in [3.05, 3.63) is 28.8 Å². The van der Waals surface area contributed by atoms with Crippen LogP contribution >= 0.6 is 11.6 Å². The monoisotopic (exact) mass is 342 g/mol. The first kappa shape index (κ1) is 17.7. The molecule has 0 atom stereocenters. The molecule has 0 aromatic heterocycles. The molecule has 1 aromatic rings. The minimum absolute atomic E-state index is 0.0336. The molecule has 0 saturated carbocycles. The Morgan fingerprint density at radius 1 is 1.38 bits per heavy atom. The average molecular weight is 343 g/mol. The highest BCUT2D eigenvalue weighted by Crippen LogP contribution is 2.20. The Labute approximate surface area is 124 Å². The van der Waals surface area contributed by atoms with Gasteiger partial charge in [-0.2, -0.15) is 18.4 Å². The minimum Gasteiger partial charge on any atom is -0.371 e. The van der Waals surface area contributed by atoms with Crippen LogP contribution in [0, 0.1) is 11.3 Å². The fraction of sp³-hybridized carbons (Fsp3) is 0.364. The number of ether oxygens (including phenoxy) is 1. The van der Waals surface area contributed by atoms with Crippen molar-refractivity contribution in [3.63, 3.8) is 0 Å². The van der Waals surface area contributed by atoms with Crippen LogP contribution in [0.1, 0.15) is 5.56 Å². The van der Waals surface area contributed by atoms with E-state index in [9.17, 15) is 21.6 Å². The van der Waals surface area contributed by atoms with Crippen LogP contribution in [0.25, 0.3) is 0 Å². The molecule has 5 nitrogen and oxygen atoms in total. The summed E-state index contributed by atoms with van der Waals surface area (Å²) >= 11 is 5.71. The van der Waals surface area contributed by atoms with Crippen molar-refractivity contribution < 1.29 is 26.3 Å². The Hall–Kier alpha value is -1.34. The maximum atomic E-state index is 11.8. The zero-order valence-corrected chi connectivity index (χ0v) is 12.0. The van der Waals surface area contributed by atoms with Crippen molar-refractivity contribution in [1.29, 1.82) is 5.26 Å². The Balaban J connectivity index is 2.58. The van der Waals surface area contributed by atoms with Crippen LogP contribution in [0.5, 0.6) is 0 Å². The van der Waals surface area contributed by atoms with Crippen molar-refractivity contribution in [3.8, 4) is 6.07 Å². The van der Waals surface area contributed by atoms with E-state index < -0.39 is 29.4 Å². The summed E-state index contributed by atoms with van der Waals surface area (Å²) in [6.45, 7) is -2.20. The number of halogens is 4. The van der Waals surface area contributed by atoms with Gasteiger partial charge in [0.15, 0.2) is 0 Å². The van der Waals surface area contributed by atoms with Crippen LogP contribution in [-0.2, 0) is 14.8 Å². The topological polar surface area (TPSA) is 79.2 Å². The number of nitriles is 1. The first-order chi connectivity index (χ1) is 9.65. The molecule has 0 unspecified atom stereocenters. The zero-order valence-electron chi connectivity index (χ0n) is 10.4. The summed E-state index contributed by atoms with van der Waals surface area (Å²) in [5.74, 6) is 0. The minimum atomic E-state index is -4.46. The molecule has 1 aromatic carbocycles. The smallest absolute Gasteiger partial charge is 0.371 e. The van der Waals surface area contributed by atoms with Crippen LogP contribution in [0.15, 0.2) is 23.1 Å². The van der Waals surface area contributed by atoms with Crippen LogP contribution in [0.4, 0.5) is 13.2 Å². The molecule has 10 heteroatoms. The molecule has 0 amide bonds. The first-order valence-electron chi connectivity index (χ1n) is 5.49. The Morgan fingerprint density at radius 2 is 2.05 bits per heavy atom. The van der Waals surface area contributed by atoms with Gasteiger partial charge in [-0.15, -0.1) is 0 Å². The maximum absolute atomic E-state index is 11.8. The fourth-order valence-corrected chi connectivity index (χ4v) is 2.60. The fourth-order valence-electron chi connectivity index (χ4n) is 1.27. The summed E-state index contributed by atoms with van der Waals surface area (Å²) in [6, 6.07) is 5.26. The Morgan fingerprint density at radius 3 is 2.57 bits per heavy atom. The molecule has 0 aliphatic rings. The normalized spacial score (nSPS) is 12.1. The first-order valence-corrected chi connectivity index (χ1v) is 7.35. The van der Waals surface area contributed by atoms with E-state index in [4.69, 9.17) is 16.9 Å². The van der Waals surface area contributed by atoms with Crippen LogP contribution in [0.2, 0.25) is 5.02 Å². The van der Waals surface area contributed by atoms with E-state index in [1.54, 1.807) is 6.07 Å². The Kier molecular flexibility index (Phi) is 5.98. The largest absolute Gasteiger partial charge is 0.411 e. The predicted molar refractivity (Wildman–Crippen MR) is 68.2 cm³/mol. The second kappa shape index (κ2) is 7.09. The molecule has 116 valence electrons. The number of alkyl halides is 3. The van der Waals surface area contributed by atoms with Gasteiger partial charge in [0.05, 0.1) is 22.1 Å². The van der Waals surface area contributed by atoms with Gasteiger partial charge in [0.1, 0.15) is 12.7 Å². The number of nitrogens with zero attached hydrogens (tertiary/aromatic N) is 1. The van der Waals surface area contributed by atoms with E-state index in [0.717, 1.165) is 6.07 Å². The summed E-state index contributed by atoms with van der Waals surface area (Å²) in [4.78, 5) is -0.192. The molecule has 0 fully saturated rings. The van der Waals surface area contributed by atoms with Crippen LogP contribution < -0.4 is 4.72 Å². The van der Waals surface area contributed by atoms with E-state index in [1.165, 1.54) is 12.1 Å². The van der Waals surface area contributed by atoms with Gasteiger partial charge in [-0.25, -0.2) is 13.1 Å². The predicted octanol–water partition coefficient (Wildman–Crippen LogP) is 2.07. The number of sulfonamides is 1. The van der Waals surface area contributed by atoms with E-state index in [0.29, 0.717) is 0 Å². The molecule has 0 spiro atoms. The average Bonchev–Trinajstić information content (AvgIpc) is 2.36. The SMILES string of the molecule is N#Cc1ccc(S(=O)(=O)NCCOCC(F)(F)F)cc1Cl. The quantitative estimate of drug-likeness (QED) is 0.803. The molecule has 21 heavy (non-hydrogen) atoms. The standard InChI is InChI=1S/C11H10ClF3N2O3S/c12-10-5-9(2-1-8(10)6-16)21(18,19)17-3-4-20-7-11(13,14)15/h1-2,5,17H,3-4,7H2. The van der Waals surface area contributed by atoms with Gasteiger partial charge >= 0.3 is 6.18 Å². The zero-order chi connectivity index (χ0) is 16.1. The second-order valence-electron chi connectivity index (χ2n) is 3.82. The number of nitrogens with one attached hydrogen (secondary N) is 1. The van der Waals surface area contributed by atoms with E-state index >= 15 is 0 Å². The molecule has 0 bridgehead atoms. The van der Waals surface area contributed by atoms with Gasteiger partial charge in [-0.1, -0.05) is 11.6 Å². The third-order valence-corrected chi connectivity index (χ3v) is 3.95. The molecule has 1 rings (SSSR count). The summed E-state index contributed by atoms with van der Waals surface area (Å²) in [7, 11) is -3.93. The van der Waals surface area contributed by atoms with Gasteiger partial charge in [-0.05, 0) is 18.2 Å². The summed E-state index contributed by atoms with van der Waals surface area (Å²) in [6.07, 6.45) is -4.46. The van der Waals surface area contributed by atoms with Crippen molar-refractivity contribution >= 4 is 21.6 Å². The lowest BCUT2D eigenvalue weighted by molar-refractivity contribution is -0.173. The summed E-state index contributed by atoms with van der Waals surface area (Å²) in [5, 5.41) is 8.64. The third kappa shape index (κ3) is 5.89. The molecule has 0 heterocycles. The molecular weight excluding hydrogens is 333 g/mol. The van der Waals surface area contributed by atoms with Gasteiger partial charge in [0.2, 0.25) is 10.0 Å². The van der Waals surface area contributed by atoms with E-state index in [2.05, 4.69) is 9.46 Å². The molecular formula is C11H10ClF3N2O3S.